The maximum Gasteiger partial charge on any atom is 0.231 e. The van der Waals surface area contributed by atoms with E-state index in [0.717, 1.165) is 12.1 Å². The molecule has 2 aliphatic rings. The van der Waals surface area contributed by atoms with Crippen LogP contribution in [0.4, 0.5) is 4.39 Å². The van der Waals surface area contributed by atoms with Crippen molar-refractivity contribution < 1.29 is 36.4 Å². The molecule has 0 aromatic heterocycles. The van der Waals surface area contributed by atoms with E-state index >= 15 is 0 Å². The van der Waals surface area contributed by atoms with Crippen LogP contribution in [0, 0.1) is 11.7 Å². The Kier molecular flexibility index (Phi) is 1.83. The van der Waals surface area contributed by atoms with Crippen molar-refractivity contribution in [3.05, 3.63) is 53.7 Å². The van der Waals surface area contributed by atoms with E-state index < -0.39 is 80.1 Å². The summed E-state index contributed by atoms with van der Waals surface area (Å²) in [5, 5.41) is 2.13. The van der Waals surface area contributed by atoms with Crippen LogP contribution < -0.4 is 19.5 Å². The molecule has 0 aliphatic carbocycles. The van der Waals surface area contributed by atoms with Crippen LogP contribution in [-0.2, 0) is 0 Å². The van der Waals surface area contributed by atoms with E-state index in [0.29, 0.717) is 0 Å². The van der Waals surface area contributed by atoms with Gasteiger partial charge in [-0.3, -0.25) is 0 Å². The smallest absolute Gasteiger partial charge is 0.231 e. The SMILES string of the molecule is [2H]c1c([2H])c([C@@H]2C([2H])([2H])CNC([2H])([2H])C2([2H])C([2H])([2H])Oc2ccc3c(c2)OC([2H])([2H])O3)c([2H])c([2H])c1F. The van der Waals surface area contributed by atoms with Gasteiger partial charge in [-0.25, -0.2) is 4.39 Å². The monoisotopic (exact) mass is 342 g/mol. The Morgan fingerprint density at radius 1 is 1.33 bits per heavy atom. The van der Waals surface area contributed by atoms with E-state index in [2.05, 4.69) is 5.32 Å². The van der Waals surface area contributed by atoms with Crippen molar-refractivity contribution in [3.63, 3.8) is 0 Å². The Hall–Kier alpha value is -2.27. The fourth-order valence-electron chi connectivity index (χ4n) is 2.19. The zero-order chi connectivity index (χ0) is 27.9. The number of nitrogens with one attached hydrogen (secondary N) is 1. The molecule has 1 N–H and O–H groups in total. The van der Waals surface area contributed by atoms with Crippen molar-refractivity contribution in [1.29, 1.82) is 0 Å². The minimum absolute atomic E-state index is 0.0441. The van der Waals surface area contributed by atoms with Crippen LogP contribution in [0.5, 0.6) is 17.2 Å². The molecule has 1 fully saturated rings. The quantitative estimate of drug-likeness (QED) is 0.925. The normalized spacial score (nSPS) is 40.2. The predicted molar refractivity (Wildman–Crippen MR) is 88.2 cm³/mol. The molecule has 2 aromatic rings. The third-order valence-corrected chi connectivity index (χ3v) is 3.31. The Morgan fingerprint density at radius 3 is 3.04 bits per heavy atom. The first-order chi connectivity index (χ1) is 16.8. The highest BCUT2D eigenvalue weighted by Gasteiger charge is 2.27. The number of fused-ring (bicyclic) bond motifs is 1. The Labute approximate surface area is 158 Å². The molecule has 5 heteroatoms. The molecule has 24 heavy (non-hydrogen) atoms. The summed E-state index contributed by atoms with van der Waals surface area (Å²) in [5.41, 5.74) is -0.881. The molecule has 2 heterocycles. The summed E-state index contributed by atoms with van der Waals surface area (Å²) in [5.74, 6) is -7.82. The third kappa shape index (κ3) is 3.17. The van der Waals surface area contributed by atoms with Gasteiger partial charge in [-0.2, -0.15) is 0 Å². The third-order valence-electron chi connectivity index (χ3n) is 3.31. The number of hydrogen-bond donors (Lipinski definition) is 1. The molecular weight excluding hydrogens is 309 g/mol. The highest BCUT2D eigenvalue weighted by atomic mass is 19.1. The lowest BCUT2D eigenvalue weighted by Gasteiger charge is -2.32. The molecule has 2 aliphatic heterocycles. The first-order valence-corrected chi connectivity index (χ1v) is 6.97. The number of piperidine rings is 1. The van der Waals surface area contributed by atoms with E-state index in [1.54, 1.807) is 0 Å². The second-order valence-corrected chi connectivity index (χ2v) is 4.86. The van der Waals surface area contributed by atoms with E-state index in [1.165, 1.54) is 6.07 Å². The summed E-state index contributed by atoms with van der Waals surface area (Å²) in [4.78, 5) is 0. The Bertz CT molecular complexity index is 1250. The number of rotatable bonds is 4. The van der Waals surface area contributed by atoms with Crippen molar-refractivity contribution in [3.8, 4) is 17.2 Å². The van der Waals surface area contributed by atoms with Crippen molar-refractivity contribution in [1.82, 2.24) is 5.32 Å². The van der Waals surface area contributed by atoms with Gasteiger partial charge in [0.25, 0.3) is 0 Å². The van der Waals surface area contributed by atoms with E-state index in [9.17, 15) is 4.39 Å². The Balaban J connectivity index is 1.89. The minimum atomic E-state index is -3.45. The van der Waals surface area contributed by atoms with Gasteiger partial charge in [0.1, 0.15) is 14.3 Å². The molecular formula is C19H20FNO3. The molecule has 0 amide bonds. The second kappa shape index (κ2) is 6.69. The summed E-state index contributed by atoms with van der Waals surface area (Å²) in [7, 11) is 0. The van der Waals surface area contributed by atoms with Crippen LogP contribution >= 0.6 is 0 Å². The highest BCUT2D eigenvalue weighted by Crippen LogP contribution is 2.36. The highest BCUT2D eigenvalue weighted by molar-refractivity contribution is 5.46. The number of benzene rings is 2. The van der Waals surface area contributed by atoms with E-state index in [-0.39, 0.29) is 17.2 Å². The second-order valence-electron chi connectivity index (χ2n) is 4.86. The molecule has 0 saturated carbocycles. The van der Waals surface area contributed by atoms with Crippen molar-refractivity contribution >= 4 is 0 Å². The standard InChI is InChI=1S/C19H20FNO3/c20-15-3-1-13(2-4-15)17-7-8-21-10-14(17)11-22-16-5-6-18-19(9-16)24-12-23-18/h1-6,9,14,17,21H,7-8,10-12H2/t14?,17-/m0/s1/i1D,2D,3D,4D,7D2,10D2,11D2,12D2,14D. The minimum Gasteiger partial charge on any atom is -0.493 e. The molecule has 2 aromatic carbocycles. The van der Waals surface area contributed by atoms with Crippen LogP contribution in [0.2, 0.25) is 0 Å². The van der Waals surface area contributed by atoms with Crippen LogP contribution in [-0.4, -0.2) is 26.3 Å². The summed E-state index contributed by atoms with van der Waals surface area (Å²) in [6.07, 6.45) is -2.74. The van der Waals surface area contributed by atoms with Gasteiger partial charge in [-0.15, -0.1) is 0 Å². The van der Waals surface area contributed by atoms with E-state index in [4.69, 9.17) is 32.0 Å². The molecule has 4 nitrogen and oxygen atoms in total. The van der Waals surface area contributed by atoms with Crippen LogP contribution in [0.15, 0.2) is 42.4 Å². The van der Waals surface area contributed by atoms with Gasteiger partial charge in [0, 0.05) is 25.3 Å². The fraction of sp³-hybridized carbons (Fsp3) is 0.368. The topological polar surface area (TPSA) is 39.7 Å². The summed E-state index contributed by atoms with van der Waals surface area (Å²) in [6, 6.07) is -1.21. The van der Waals surface area contributed by atoms with Crippen LogP contribution in [0.1, 0.15) is 35.7 Å². The van der Waals surface area contributed by atoms with Crippen molar-refractivity contribution in [2.45, 2.75) is 12.3 Å². The number of ether oxygens (including phenoxy) is 3. The molecule has 2 atom stereocenters. The lowest BCUT2D eigenvalue weighted by molar-refractivity contribution is 0.173. The first kappa shape index (κ1) is 6.56. The van der Waals surface area contributed by atoms with Gasteiger partial charge in [-0.05, 0) is 48.6 Å². The summed E-state index contributed by atoms with van der Waals surface area (Å²) >= 11 is 0. The van der Waals surface area contributed by atoms with Crippen molar-refractivity contribution in [2.24, 2.45) is 5.89 Å². The largest absolute Gasteiger partial charge is 0.493 e. The van der Waals surface area contributed by atoms with Crippen molar-refractivity contribution in [2.75, 3.05) is 26.3 Å². The molecule has 0 spiro atoms. The summed E-state index contributed by atoms with van der Waals surface area (Å²) < 4.78 is 136. The lowest BCUT2D eigenvalue weighted by Crippen LogP contribution is -2.38. The van der Waals surface area contributed by atoms with Gasteiger partial charge in [0.15, 0.2) is 11.5 Å². The van der Waals surface area contributed by atoms with Gasteiger partial charge in [-0.1, -0.05) is 12.1 Å². The molecule has 0 bridgehead atoms. The fourth-order valence-corrected chi connectivity index (χ4v) is 2.19. The number of halogens is 1. The maximum absolute atomic E-state index is 14.2. The van der Waals surface area contributed by atoms with Crippen LogP contribution in [0.3, 0.4) is 0 Å². The average Bonchev–Trinajstić information content (AvgIpc) is 3.09. The molecule has 126 valence electrons. The summed E-state index contributed by atoms with van der Waals surface area (Å²) in [6.45, 7) is -9.86. The molecule has 0 radical (unpaired) electrons. The average molecular weight is 342 g/mol. The van der Waals surface area contributed by atoms with Crippen LogP contribution in [0.25, 0.3) is 0 Å². The predicted octanol–water partition coefficient (Wildman–Crippen LogP) is 3.33. The zero-order valence-electron chi connectivity index (χ0n) is 25.1. The zero-order valence-corrected chi connectivity index (χ0v) is 12.1. The first-order valence-electron chi connectivity index (χ1n) is 13.5. The van der Waals surface area contributed by atoms with Gasteiger partial charge >= 0.3 is 0 Å². The molecule has 1 saturated heterocycles. The molecule has 4 rings (SSSR count). The number of hydrogen-bond acceptors (Lipinski definition) is 4. The lowest BCUT2D eigenvalue weighted by atomic mass is 9.81. The Morgan fingerprint density at radius 2 is 2.17 bits per heavy atom. The van der Waals surface area contributed by atoms with Gasteiger partial charge in [0.2, 0.25) is 6.75 Å². The van der Waals surface area contributed by atoms with Gasteiger partial charge < -0.3 is 19.5 Å². The van der Waals surface area contributed by atoms with Gasteiger partial charge in [0.05, 0.1) is 14.8 Å². The van der Waals surface area contributed by atoms with E-state index in [1.807, 2.05) is 0 Å². The maximum atomic E-state index is 14.2. The molecule has 1 unspecified atom stereocenters.